The third-order valence-corrected chi connectivity index (χ3v) is 2.11. The van der Waals surface area contributed by atoms with Gasteiger partial charge in [-0.15, -0.1) is 0 Å². The van der Waals surface area contributed by atoms with Crippen molar-refractivity contribution in [2.45, 2.75) is 13.5 Å². The van der Waals surface area contributed by atoms with Crippen molar-refractivity contribution in [2.75, 3.05) is 7.11 Å². The van der Waals surface area contributed by atoms with Gasteiger partial charge in [0.05, 0.1) is 7.11 Å². The average molecular weight is 258 g/mol. The standard InChI is InChI=1S/C15H14O4/c1-12(8-9-14(16)18-2)10-15(17)19-11-13-6-4-3-5-7-13/h3-7,10H,11H2,1-2H3/b12-10-. The maximum absolute atomic E-state index is 11.5. The van der Waals surface area contributed by atoms with Crippen LogP contribution in [0, 0.1) is 11.8 Å². The fourth-order valence-corrected chi connectivity index (χ4v) is 1.18. The van der Waals surface area contributed by atoms with E-state index in [1.165, 1.54) is 13.2 Å². The molecule has 0 saturated heterocycles. The van der Waals surface area contributed by atoms with Gasteiger partial charge in [0.15, 0.2) is 0 Å². The second-order valence-corrected chi connectivity index (χ2v) is 3.66. The van der Waals surface area contributed by atoms with E-state index in [-0.39, 0.29) is 6.61 Å². The molecule has 4 heteroatoms. The van der Waals surface area contributed by atoms with Gasteiger partial charge in [-0.25, -0.2) is 9.59 Å². The van der Waals surface area contributed by atoms with Gasteiger partial charge in [0, 0.05) is 17.6 Å². The summed E-state index contributed by atoms with van der Waals surface area (Å²) in [6, 6.07) is 9.35. The van der Waals surface area contributed by atoms with Crippen LogP contribution in [0.15, 0.2) is 42.0 Å². The Morgan fingerprint density at radius 3 is 2.53 bits per heavy atom. The van der Waals surface area contributed by atoms with Crippen LogP contribution >= 0.6 is 0 Å². The molecule has 0 aliphatic rings. The van der Waals surface area contributed by atoms with Gasteiger partial charge in [-0.2, -0.15) is 0 Å². The van der Waals surface area contributed by atoms with Crippen molar-refractivity contribution in [3.63, 3.8) is 0 Å². The average Bonchev–Trinajstić information content (AvgIpc) is 2.43. The number of esters is 2. The van der Waals surface area contributed by atoms with Crippen molar-refractivity contribution in [3.8, 4) is 11.8 Å². The molecule has 4 nitrogen and oxygen atoms in total. The van der Waals surface area contributed by atoms with E-state index in [1.807, 2.05) is 30.3 Å². The van der Waals surface area contributed by atoms with Crippen molar-refractivity contribution in [2.24, 2.45) is 0 Å². The normalized spacial score (nSPS) is 10.1. The predicted octanol–water partition coefficient (Wildman–Crippen LogP) is 1.85. The van der Waals surface area contributed by atoms with E-state index in [1.54, 1.807) is 6.92 Å². The first kappa shape index (κ1) is 14.5. The lowest BCUT2D eigenvalue weighted by Gasteiger charge is -2.01. The third-order valence-electron chi connectivity index (χ3n) is 2.11. The number of rotatable bonds is 3. The first-order valence-corrected chi connectivity index (χ1v) is 5.61. The van der Waals surface area contributed by atoms with E-state index in [9.17, 15) is 9.59 Å². The Morgan fingerprint density at radius 1 is 1.21 bits per heavy atom. The third kappa shape index (κ3) is 6.08. The lowest BCUT2D eigenvalue weighted by Crippen LogP contribution is -2.01. The maximum Gasteiger partial charge on any atom is 0.384 e. The first-order valence-electron chi connectivity index (χ1n) is 5.61. The number of hydrogen-bond acceptors (Lipinski definition) is 4. The summed E-state index contributed by atoms with van der Waals surface area (Å²) in [7, 11) is 1.24. The molecule has 0 bridgehead atoms. The second-order valence-electron chi connectivity index (χ2n) is 3.66. The fourth-order valence-electron chi connectivity index (χ4n) is 1.18. The summed E-state index contributed by atoms with van der Waals surface area (Å²) in [5, 5.41) is 0. The van der Waals surface area contributed by atoms with Gasteiger partial charge in [-0.3, -0.25) is 0 Å². The van der Waals surface area contributed by atoms with E-state index in [0.717, 1.165) is 5.56 Å². The summed E-state index contributed by atoms with van der Waals surface area (Å²) >= 11 is 0. The highest BCUT2D eigenvalue weighted by Gasteiger charge is 1.99. The van der Waals surface area contributed by atoms with Crippen LogP contribution in [0.2, 0.25) is 0 Å². The van der Waals surface area contributed by atoms with Gasteiger partial charge in [-0.1, -0.05) is 36.3 Å². The quantitative estimate of drug-likeness (QED) is 0.359. The lowest BCUT2D eigenvalue weighted by molar-refractivity contribution is -0.139. The van der Waals surface area contributed by atoms with Crippen molar-refractivity contribution in [3.05, 3.63) is 47.5 Å². The zero-order chi connectivity index (χ0) is 14.1. The number of ether oxygens (including phenoxy) is 2. The van der Waals surface area contributed by atoms with Crippen LogP contribution in [-0.4, -0.2) is 19.0 Å². The van der Waals surface area contributed by atoms with Gasteiger partial charge in [0.25, 0.3) is 0 Å². The molecule has 98 valence electrons. The van der Waals surface area contributed by atoms with Crippen LogP contribution in [0.25, 0.3) is 0 Å². The van der Waals surface area contributed by atoms with E-state index in [4.69, 9.17) is 4.74 Å². The molecule has 0 spiro atoms. The van der Waals surface area contributed by atoms with E-state index in [0.29, 0.717) is 5.57 Å². The molecule has 0 N–H and O–H groups in total. The fraction of sp³-hybridized carbons (Fsp3) is 0.200. The molecule has 0 atom stereocenters. The van der Waals surface area contributed by atoms with E-state index < -0.39 is 11.9 Å². The Balaban J connectivity index is 2.49. The number of carbonyl (C=O) groups excluding carboxylic acids is 2. The van der Waals surface area contributed by atoms with Crippen LogP contribution in [0.1, 0.15) is 12.5 Å². The van der Waals surface area contributed by atoms with Crippen molar-refractivity contribution in [1.82, 2.24) is 0 Å². The zero-order valence-corrected chi connectivity index (χ0v) is 10.8. The Kier molecular flexibility index (Phi) is 5.90. The Morgan fingerprint density at radius 2 is 1.89 bits per heavy atom. The Labute approximate surface area is 112 Å². The molecule has 0 aliphatic carbocycles. The molecule has 0 fully saturated rings. The molecule has 0 heterocycles. The van der Waals surface area contributed by atoms with Crippen molar-refractivity contribution < 1.29 is 19.1 Å². The lowest BCUT2D eigenvalue weighted by atomic mass is 10.2. The highest BCUT2D eigenvalue weighted by molar-refractivity contribution is 5.90. The minimum atomic E-state index is -0.648. The van der Waals surface area contributed by atoms with Gasteiger partial charge < -0.3 is 9.47 Å². The highest BCUT2D eigenvalue weighted by Crippen LogP contribution is 2.01. The van der Waals surface area contributed by atoms with Crippen molar-refractivity contribution in [1.29, 1.82) is 0 Å². The summed E-state index contributed by atoms with van der Waals surface area (Å²) in [5.74, 6) is 3.57. The number of carbonyl (C=O) groups is 2. The van der Waals surface area contributed by atoms with Gasteiger partial charge in [0.1, 0.15) is 6.61 Å². The number of benzene rings is 1. The first-order chi connectivity index (χ1) is 9.11. The maximum atomic E-state index is 11.5. The largest absolute Gasteiger partial charge is 0.459 e. The molecule has 0 amide bonds. The Bertz CT molecular complexity index is 532. The molecule has 0 radical (unpaired) electrons. The van der Waals surface area contributed by atoms with E-state index >= 15 is 0 Å². The molecule has 1 aromatic rings. The summed E-state index contributed by atoms with van der Waals surface area (Å²) in [4.78, 5) is 22.2. The van der Waals surface area contributed by atoms with Crippen LogP contribution < -0.4 is 0 Å². The summed E-state index contributed by atoms with van der Waals surface area (Å²) < 4.78 is 9.39. The van der Waals surface area contributed by atoms with Crippen LogP contribution in [0.3, 0.4) is 0 Å². The number of methoxy groups -OCH3 is 1. The molecule has 0 saturated carbocycles. The van der Waals surface area contributed by atoms with Crippen LogP contribution in [0.4, 0.5) is 0 Å². The van der Waals surface area contributed by atoms with Gasteiger partial charge >= 0.3 is 11.9 Å². The zero-order valence-electron chi connectivity index (χ0n) is 10.8. The molecule has 0 unspecified atom stereocenters. The predicted molar refractivity (Wildman–Crippen MR) is 69.8 cm³/mol. The minimum absolute atomic E-state index is 0.202. The summed E-state index contributed by atoms with van der Waals surface area (Å²) in [6.45, 7) is 1.81. The Hall–Kier alpha value is -2.54. The van der Waals surface area contributed by atoms with E-state index in [2.05, 4.69) is 16.6 Å². The van der Waals surface area contributed by atoms with Gasteiger partial charge in [0.2, 0.25) is 0 Å². The molecule has 19 heavy (non-hydrogen) atoms. The number of allylic oxidation sites excluding steroid dienone is 1. The van der Waals surface area contributed by atoms with Crippen LogP contribution in [-0.2, 0) is 25.7 Å². The monoisotopic (exact) mass is 258 g/mol. The molecule has 0 aliphatic heterocycles. The SMILES string of the molecule is COC(=O)C#C/C(C)=C\C(=O)OCc1ccccc1. The second kappa shape index (κ2) is 7.72. The molecule has 1 rings (SSSR count). The topological polar surface area (TPSA) is 52.6 Å². The molecular weight excluding hydrogens is 244 g/mol. The van der Waals surface area contributed by atoms with Crippen molar-refractivity contribution >= 4 is 11.9 Å². The smallest absolute Gasteiger partial charge is 0.384 e. The number of hydrogen-bond donors (Lipinski definition) is 0. The minimum Gasteiger partial charge on any atom is -0.459 e. The van der Waals surface area contributed by atoms with Crippen LogP contribution in [0.5, 0.6) is 0 Å². The molecule has 1 aromatic carbocycles. The van der Waals surface area contributed by atoms with Gasteiger partial charge in [-0.05, 0) is 12.5 Å². The summed E-state index contributed by atoms with van der Waals surface area (Å²) in [5.41, 5.74) is 1.34. The molecular formula is C15H14O4. The summed E-state index contributed by atoms with van der Waals surface area (Å²) in [6.07, 6.45) is 1.23. The molecule has 0 aromatic heterocycles. The highest BCUT2D eigenvalue weighted by atomic mass is 16.5.